The van der Waals surface area contributed by atoms with Gasteiger partial charge in [0.1, 0.15) is 6.61 Å². The highest BCUT2D eigenvalue weighted by atomic mass is 16.5. The molecule has 1 atom stereocenters. The predicted molar refractivity (Wildman–Crippen MR) is 59.9 cm³/mol. The lowest BCUT2D eigenvalue weighted by atomic mass is 10.2. The van der Waals surface area contributed by atoms with Crippen LogP contribution in [-0.4, -0.2) is 42.4 Å². The lowest BCUT2D eigenvalue weighted by Crippen LogP contribution is -2.38. The van der Waals surface area contributed by atoms with Crippen LogP contribution in [0.2, 0.25) is 0 Å². The second-order valence-electron chi connectivity index (χ2n) is 3.96. The minimum absolute atomic E-state index is 0.0793. The third-order valence-corrected chi connectivity index (χ3v) is 2.53. The van der Waals surface area contributed by atoms with Crippen molar-refractivity contribution in [2.75, 3.05) is 19.7 Å². The molecule has 1 rings (SSSR count). The molecule has 1 amide bonds. The van der Waals surface area contributed by atoms with E-state index in [-0.39, 0.29) is 17.9 Å². The molecule has 0 N–H and O–H groups in total. The molecule has 15 heavy (non-hydrogen) atoms. The van der Waals surface area contributed by atoms with Gasteiger partial charge >= 0.3 is 0 Å². The smallest absolute Gasteiger partial charge is 0.251 e. The van der Waals surface area contributed by atoms with Crippen LogP contribution in [-0.2, 0) is 9.53 Å². The van der Waals surface area contributed by atoms with Gasteiger partial charge in [-0.1, -0.05) is 13.8 Å². The molecular weight excluding hydrogens is 192 g/mol. The summed E-state index contributed by atoms with van der Waals surface area (Å²) < 4.78 is 5.39. The fourth-order valence-electron chi connectivity index (χ4n) is 1.58. The van der Waals surface area contributed by atoms with Crippen molar-refractivity contribution in [1.82, 2.24) is 4.90 Å². The van der Waals surface area contributed by atoms with Gasteiger partial charge in [0.15, 0.2) is 11.9 Å². The SMILES string of the molecule is CCN(CC)C(=O)C1COC(C(C)C)=N1. The number of rotatable bonds is 4. The van der Waals surface area contributed by atoms with E-state index < -0.39 is 0 Å². The summed E-state index contributed by atoms with van der Waals surface area (Å²) in [6, 6.07) is -0.317. The van der Waals surface area contributed by atoms with Crippen LogP contribution in [0, 0.1) is 5.92 Å². The van der Waals surface area contributed by atoms with Crippen LogP contribution in [0.5, 0.6) is 0 Å². The first kappa shape index (κ1) is 12.0. The zero-order valence-electron chi connectivity index (χ0n) is 9.99. The van der Waals surface area contributed by atoms with E-state index in [4.69, 9.17) is 4.74 Å². The zero-order valence-corrected chi connectivity index (χ0v) is 9.99. The molecule has 0 bridgehead atoms. The molecule has 0 aliphatic carbocycles. The third kappa shape index (κ3) is 2.70. The number of carbonyl (C=O) groups excluding carboxylic acids is 1. The number of ether oxygens (including phenoxy) is 1. The number of amides is 1. The Morgan fingerprint density at radius 2 is 2.13 bits per heavy atom. The highest BCUT2D eigenvalue weighted by molar-refractivity contribution is 5.89. The number of carbonyl (C=O) groups is 1. The number of hydrogen-bond acceptors (Lipinski definition) is 3. The van der Waals surface area contributed by atoms with Crippen molar-refractivity contribution < 1.29 is 9.53 Å². The van der Waals surface area contributed by atoms with E-state index in [1.807, 2.05) is 27.7 Å². The molecule has 0 saturated carbocycles. The monoisotopic (exact) mass is 212 g/mol. The maximum atomic E-state index is 11.9. The average molecular weight is 212 g/mol. The number of hydrogen-bond donors (Lipinski definition) is 0. The summed E-state index contributed by atoms with van der Waals surface area (Å²) in [6.45, 7) is 9.86. The standard InChI is InChI=1S/C11H20N2O2/c1-5-13(6-2)11(14)9-7-15-10(12-9)8(3)4/h8-9H,5-7H2,1-4H3. The van der Waals surface area contributed by atoms with E-state index >= 15 is 0 Å². The van der Waals surface area contributed by atoms with E-state index in [9.17, 15) is 4.79 Å². The van der Waals surface area contributed by atoms with E-state index in [0.29, 0.717) is 12.5 Å². The minimum atomic E-state index is -0.317. The zero-order chi connectivity index (χ0) is 11.4. The van der Waals surface area contributed by atoms with Gasteiger partial charge in [-0.2, -0.15) is 0 Å². The summed E-state index contributed by atoms with van der Waals surface area (Å²) in [7, 11) is 0. The van der Waals surface area contributed by atoms with Crippen molar-refractivity contribution in [1.29, 1.82) is 0 Å². The van der Waals surface area contributed by atoms with Gasteiger partial charge in [-0.05, 0) is 13.8 Å². The Bertz CT molecular complexity index is 257. The summed E-state index contributed by atoms with van der Waals surface area (Å²) >= 11 is 0. The topological polar surface area (TPSA) is 41.9 Å². The maximum Gasteiger partial charge on any atom is 0.251 e. The summed E-state index contributed by atoms with van der Waals surface area (Å²) in [5.41, 5.74) is 0. The van der Waals surface area contributed by atoms with Crippen molar-refractivity contribution in [3.05, 3.63) is 0 Å². The molecule has 1 aliphatic rings. The normalized spacial score (nSPS) is 20.1. The molecule has 1 aliphatic heterocycles. The molecule has 0 radical (unpaired) electrons. The van der Waals surface area contributed by atoms with E-state index in [1.54, 1.807) is 4.90 Å². The summed E-state index contributed by atoms with van der Waals surface area (Å²) in [5.74, 6) is 1.05. The molecule has 0 aromatic rings. The first-order valence-corrected chi connectivity index (χ1v) is 5.59. The van der Waals surface area contributed by atoms with Crippen molar-refractivity contribution in [2.45, 2.75) is 33.7 Å². The first-order valence-electron chi connectivity index (χ1n) is 5.59. The van der Waals surface area contributed by atoms with E-state index in [0.717, 1.165) is 13.1 Å². The average Bonchev–Trinajstić information content (AvgIpc) is 2.68. The van der Waals surface area contributed by atoms with Gasteiger partial charge < -0.3 is 9.64 Å². The minimum Gasteiger partial charge on any atom is -0.478 e. The Balaban J connectivity index is 2.63. The van der Waals surface area contributed by atoms with Gasteiger partial charge in [0, 0.05) is 19.0 Å². The first-order chi connectivity index (χ1) is 7.10. The second-order valence-corrected chi connectivity index (χ2v) is 3.96. The van der Waals surface area contributed by atoms with Gasteiger partial charge in [-0.3, -0.25) is 4.79 Å². The number of nitrogens with zero attached hydrogens (tertiary/aromatic N) is 2. The Hall–Kier alpha value is -1.06. The summed E-state index contributed by atoms with van der Waals surface area (Å²) in [6.07, 6.45) is 0. The molecule has 4 heteroatoms. The molecule has 0 fully saturated rings. The molecule has 4 nitrogen and oxygen atoms in total. The van der Waals surface area contributed by atoms with Gasteiger partial charge in [0.05, 0.1) is 0 Å². The lowest BCUT2D eigenvalue weighted by Gasteiger charge is -2.20. The van der Waals surface area contributed by atoms with Gasteiger partial charge in [0.25, 0.3) is 5.91 Å². The lowest BCUT2D eigenvalue weighted by molar-refractivity contribution is -0.132. The molecule has 1 unspecified atom stereocenters. The molecule has 1 heterocycles. The van der Waals surface area contributed by atoms with Crippen LogP contribution >= 0.6 is 0 Å². The molecule has 0 saturated heterocycles. The van der Waals surface area contributed by atoms with Crippen molar-refractivity contribution in [3.63, 3.8) is 0 Å². The Kier molecular flexibility index (Phi) is 4.12. The fraction of sp³-hybridized carbons (Fsp3) is 0.818. The Morgan fingerprint density at radius 3 is 2.53 bits per heavy atom. The fourth-order valence-corrected chi connectivity index (χ4v) is 1.58. The van der Waals surface area contributed by atoms with Gasteiger partial charge in [-0.25, -0.2) is 4.99 Å². The molecular formula is C11H20N2O2. The molecule has 0 aromatic carbocycles. The van der Waals surface area contributed by atoms with Crippen molar-refractivity contribution in [2.24, 2.45) is 10.9 Å². The molecule has 0 spiro atoms. The second kappa shape index (κ2) is 5.14. The quantitative estimate of drug-likeness (QED) is 0.705. The Labute approximate surface area is 91.3 Å². The predicted octanol–water partition coefficient (Wildman–Crippen LogP) is 1.31. The highest BCUT2D eigenvalue weighted by Gasteiger charge is 2.29. The summed E-state index contributed by atoms with van der Waals surface area (Å²) in [4.78, 5) is 18.0. The van der Waals surface area contributed by atoms with Gasteiger partial charge in [-0.15, -0.1) is 0 Å². The third-order valence-electron chi connectivity index (χ3n) is 2.53. The van der Waals surface area contributed by atoms with Crippen LogP contribution in [0.25, 0.3) is 0 Å². The van der Waals surface area contributed by atoms with Crippen molar-refractivity contribution in [3.8, 4) is 0 Å². The number of likely N-dealkylation sites (N-methyl/N-ethyl adjacent to an activating group) is 1. The maximum absolute atomic E-state index is 11.9. The number of aliphatic imine (C=N–C) groups is 1. The van der Waals surface area contributed by atoms with E-state index in [1.165, 1.54) is 0 Å². The Morgan fingerprint density at radius 1 is 1.53 bits per heavy atom. The van der Waals surface area contributed by atoms with Crippen LogP contribution in [0.3, 0.4) is 0 Å². The van der Waals surface area contributed by atoms with Crippen LogP contribution in [0.4, 0.5) is 0 Å². The van der Waals surface area contributed by atoms with E-state index in [2.05, 4.69) is 4.99 Å². The van der Waals surface area contributed by atoms with Crippen LogP contribution < -0.4 is 0 Å². The molecule has 0 aromatic heterocycles. The van der Waals surface area contributed by atoms with Crippen LogP contribution in [0.1, 0.15) is 27.7 Å². The largest absolute Gasteiger partial charge is 0.478 e. The van der Waals surface area contributed by atoms with Crippen LogP contribution in [0.15, 0.2) is 4.99 Å². The van der Waals surface area contributed by atoms with Gasteiger partial charge in [0.2, 0.25) is 0 Å². The van der Waals surface area contributed by atoms with Crippen molar-refractivity contribution >= 4 is 11.8 Å². The molecule has 86 valence electrons. The summed E-state index contributed by atoms with van der Waals surface area (Å²) in [5, 5.41) is 0. The highest BCUT2D eigenvalue weighted by Crippen LogP contribution is 2.13.